The molecule has 1 aromatic heterocycles. The van der Waals surface area contributed by atoms with Gasteiger partial charge in [-0.05, 0) is 50.4 Å². The molecule has 2 fully saturated rings. The summed E-state index contributed by atoms with van der Waals surface area (Å²) in [6.45, 7) is 7.96. The van der Waals surface area contributed by atoms with Crippen LogP contribution in [0.1, 0.15) is 47.8 Å². The first-order valence-corrected chi connectivity index (χ1v) is 10.1. The lowest BCUT2D eigenvalue weighted by molar-refractivity contribution is 0.193. The lowest BCUT2D eigenvalue weighted by Gasteiger charge is -2.23. The Morgan fingerprint density at radius 3 is 2.67 bits per heavy atom. The first-order chi connectivity index (χ1) is 13.2. The highest BCUT2D eigenvalue weighted by atomic mass is 16.5. The second-order valence-electron chi connectivity index (χ2n) is 7.87. The number of benzene rings is 1. The molecule has 0 spiro atoms. The first-order valence-electron chi connectivity index (χ1n) is 10.1. The third kappa shape index (κ3) is 4.47. The van der Waals surface area contributed by atoms with Gasteiger partial charge in [-0.3, -0.25) is 4.90 Å². The summed E-state index contributed by atoms with van der Waals surface area (Å²) in [4.78, 5) is 14.2. The molecule has 4 rings (SSSR count). The molecule has 0 unspecified atom stereocenters. The number of likely N-dealkylation sites (tertiary alicyclic amines) is 1. The minimum Gasteiger partial charge on any atom is -0.381 e. The lowest BCUT2D eigenvalue weighted by Crippen LogP contribution is -2.23. The Morgan fingerprint density at radius 1 is 1.15 bits per heavy atom. The predicted molar refractivity (Wildman–Crippen MR) is 108 cm³/mol. The summed E-state index contributed by atoms with van der Waals surface area (Å²) < 4.78 is 5.55. The van der Waals surface area contributed by atoms with Crippen LogP contribution in [-0.4, -0.2) is 48.2 Å². The second-order valence-corrected chi connectivity index (χ2v) is 7.87. The van der Waals surface area contributed by atoms with Gasteiger partial charge in [0.15, 0.2) is 0 Å². The first kappa shape index (κ1) is 18.4. The molecule has 3 heterocycles. The largest absolute Gasteiger partial charge is 0.381 e. The van der Waals surface area contributed by atoms with Crippen LogP contribution >= 0.6 is 0 Å². The standard InChI is InChI=1S/C22H30N4O/c1-17-23-21(20-9-12-27-16-20)13-22(24-17)25(2)14-18-7-3-4-8-19(18)15-26-10-5-6-11-26/h3-4,7-8,13,20H,5-6,9-12,14-16H2,1-2H3/t20-/m1/s1. The number of hydrogen-bond donors (Lipinski definition) is 0. The van der Waals surface area contributed by atoms with E-state index in [9.17, 15) is 0 Å². The fraction of sp³-hybridized carbons (Fsp3) is 0.545. The average Bonchev–Trinajstić information content (AvgIpc) is 3.36. The summed E-state index contributed by atoms with van der Waals surface area (Å²) in [7, 11) is 2.13. The average molecular weight is 367 g/mol. The van der Waals surface area contributed by atoms with E-state index in [1.54, 1.807) is 0 Å². The molecule has 5 heteroatoms. The van der Waals surface area contributed by atoms with Crippen molar-refractivity contribution in [2.24, 2.45) is 0 Å². The van der Waals surface area contributed by atoms with Crippen molar-refractivity contribution in [3.63, 3.8) is 0 Å². The monoisotopic (exact) mass is 366 g/mol. The molecule has 1 atom stereocenters. The highest BCUT2D eigenvalue weighted by Gasteiger charge is 2.21. The van der Waals surface area contributed by atoms with Gasteiger partial charge in [-0.2, -0.15) is 0 Å². The highest BCUT2D eigenvalue weighted by molar-refractivity contribution is 5.42. The number of hydrogen-bond acceptors (Lipinski definition) is 5. The number of aromatic nitrogens is 2. The van der Waals surface area contributed by atoms with Crippen molar-refractivity contribution in [1.29, 1.82) is 0 Å². The van der Waals surface area contributed by atoms with Crippen LogP contribution < -0.4 is 4.90 Å². The maximum Gasteiger partial charge on any atom is 0.132 e. The van der Waals surface area contributed by atoms with Crippen molar-refractivity contribution in [3.05, 3.63) is 53.0 Å². The Balaban J connectivity index is 1.51. The van der Waals surface area contributed by atoms with E-state index < -0.39 is 0 Å². The second kappa shape index (κ2) is 8.36. The third-order valence-corrected chi connectivity index (χ3v) is 5.70. The van der Waals surface area contributed by atoms with E-state index >= 15 is 0 Å². The zero-order valence-electron chi connectivity index (χ0n) is 16.5. The quantitative estimate of drug-likeness (QED) is 0.782. The Hall–Kier alpha value is -1.98. The minimum atomic E-state index is 0.404. The molecular formula is C22H30N4O. The van der Waals surface area contributed by atoms with Crippen LogP contribution in [0.5, 0.6) is 0 Å². The zero-order chi connectivity index (χ0) is 18.6. The van der Waals surface area contributed by atoms with Gasteiger partial charge in [0.25, 0.3) is 0 Å². The Kier molecular flexibility index (Phi) is 5.69. The molecular weight excluding hydrogens is 336 g/mol. The van der Waals surface area contributed by atoms with Crippen LogP contribution in [-0.2, 0) is 17.8 Å². The van der Waals surface area contributed by atoms with Gasteiger partial charge in [-0.25, -0.2) is 9.97 Å². The van der Waals surface area contributed by atoms with Gasteiger partial charge in [0.05, 0.1) is 12.3 Å². The van der Waals surface area contributed by atoms with Crippen LogP contribution in [0, 0.1) is 6.92 Å². The van der Waals surface area contributed by atoms with Gasteiger partial charge in [-0.15, -0.1) is 0 Å². The van der Waals surface area contributed by atoms with Crippen molar-refractivity contribution in [3.8, 4) is 0 Å². The van der Waals surface area contributed by atoms with E-state index in [2.05, 4.69) is 52.2 Å². The number of rotatable bonds is 6. The van der Waals surface area contributed by atoms with Crippen LogP contribution in [0.3, 0.4) is 0 Å². The van der Waals surface area contributed by atoms with Crippen molar-refractivity contribution < 1.29 is 4.74 Å². The highest BCUT2D eigenvalue weighted by Crippen LogP contribution is 2.27. The van der Waals surface area contributed by atoms with E-state index in [-0.39, 0.29) is 0 Å². The summed E-state index contributed by atoms with van der Waals surface area (Å²) >= 11 is 0. The van der Waals surface area contributed by atoms with Crippen LogP contribution in [0.4, 0.5) is 5.82 Å². The van der Waals surface area contributed by atoms with Crippen LogP contribution in [0.15, 0.2) is 30.3 Å². The fourth-order valence-corrected chi connectivity index (χ4v) is 4.13. The molecule has 0 bridgehead atoms. The van der Waals surface area contributed by atoms with Gasteiger partial charge in [0.2, 0.25) is 0 Å². The minimum absolute atomic E-state index is 0.404. The van der Waals surface area contributed by atoms with Crippen LogP contribution in [0.2, 0.25) is 0 Å². The molecule has 0 aliphatic carbocycles. The number of ether oxygens (including phenoxy) is 1. The maximum atomic E-state index is 5.55. The normalized spacial score (nSPS) is 20.3. The smallest absolute Gasteiger partial charge is 0.132 e. The molecule has 0 N–H and O–H groups in total. The third-order valence-electron chi connectivity index (χ3n) is 5.70. The molecule has 2 aliphatic rings. The van der Waals surface area contributed by atoms with Gasteiger partial charge in [0, 0.05) is 38.7 Å². The van der Waals surface area contributed by atoms with Gasteiger partial charge >= 0.3 is 0 Å². The van der Waals surface area contributed by atoms with Crippen molar-refractivity contribution in [1.82, 2.24) is 14.9 Å². The van der Waals surface area contributed by atoms with E-state index in [0.717, 1.165) is 50.1 Å². The molecule has 2 aliphatic heterocycles. The van der Waals surface area contributed by atoms with Crippen molar-refractivity contribution >= 4 is 5.82 Å². The van der Waals surface area contributed by atoms with Gasteiger partial charge in [-0.1, -0.05) is 24.3 Å². The number of aryl methyl sites for hydroxylation is 1. The number of nitrogens with zero attached hydrogens (tertiary/aromatic N) is 4. The van der Waals surface area contributed by atoms with Gasteiger partial charge in [0.1, 0.15) is 11.6 Å². The molecule has 5 nitrogen and oxygen atoms in total. The maximum absolute atomic E-state index is 5.55. The molecule has 0 saturated carbocycles. The lowest BCUT2D eigenvalue weighted by atomic mass is 10.0. The van der Waals surface area contributed by atoms with Crippen molar-refractivity contribution in [2.45, 2.75) is 45.2 Å². The Labute approximate surface area is 162 Å². The summed E-state index contributed by atoms with van der Waals surface area (Å²) in [5.74, 6) is 2.24. The Morgan fingerprint density at radius 2 is 1.93 bits per heavy atom. The molecule has 2 aromatic rings. The Bertz CT molecular complexity index is 767. The van der Waals surface area contributed by atoms with Gasteiger partial charge < -0.3 is 9.64 Å². The molecule has 0 amide bonds. The summed E-state index contributed by atoms with van der Waals surface area (Å²) in [5.41, 5.74) is 3.93. The molecule has 1 aromatic carbocycles. The topological polar surface area (TPSA) is 41.5 Å². The molecule has 144 valence electrons. The molecule has 2 saturated heterocycles. The summed E-state index contributed by atoms with van der Waals surface area (Å²) in [5, 5.41) is 0. The summed E-state index contributed by atoms with van der Waals surface area (Å²) in [6, 6.07) is 11.0. The zero-order valence-corrected chi connectivity index (χ0v) is 16.5. The van der Waals surface area contributed by atoms with E-state index in [1.165, 1.54) is 37.1 Å². The molecule has 27 heavy (non-hydrogen) atoms. The fourth-order valence-electron chi connectivity index (χ4n) is 4.13. The summed E-state index contributed by atoms with van der Waals surface area (Å²) in [6.07, 6.45) is 3.71. The van der Waals surface area contributed by atoms with E-state index in [0.29, 0.717) is 5.92 Å². The number of anilines is 1. The predicted octanol–water partition coefficient (Wildman–Crippen LogP) is 3.52. The molecule has 0 radical (unpaired) electrons. The van der Waals surface area contributed by atoms with E-state index in [1.807, 2.05) is 6.92 Å². The SMILES string of the molecule is Cc1nc([C@@H]2CCOC2)cc(N(C)Cc2ccccc2CN2CCCC2)n1. The van der Waals surface area contributed by atoms with Crippen molar-refractivity contribution in [2.75, 3.05) is 38.3 Å². The van der Waals surface area contributed by atoms with Crippen LogP contribution in [0.25, 0.3) is 0 Å². The van der Waals surface area contributed by atoms with E-state index in [4.69, 9.17) is 9.72 Å².